The second kappa shape index (κ2) is 9.59. The third-order valence-corrected chi connectivity index (χ3v) is 7.51. The zero-order valence-electron chi connectivity index (χ0n) is 21.7. The SMILES string of the molecule is C[C@@H]1[C@H](CC(=O)c2ccc3c(c2)COC3(C)C)CCCN1c1cnc(C(N)=O)c(Nc2cnn(C)c2)n1. The predicted octanol–water partition coefficient (Wildman–Crippen LogP) is 3.70. The molecule has 2 aromatic heterocycles. The molecule has 0 aliphatic carbocycles. The molecule has 37 heavy (non-hydrogen) atoms. The molecule has 0 saturated carbocycles. The molecule has 194 valence electrons. The number of rotatable bonds is 7. The van der Waals surface area contributed by atoms with Gasteiger partial charge in [-0.15, -0.1) is 0 Å². The van der Waals surface area contributed by atoms with Crippen LogP contribution in [0.2, 0.25) is 0 Å². The summed E-state index contributed by atoms with van der Waals surface area (Å²) in [5.41, 5.74) is 8.95. The Bertz CT molecular complexity index is 1350. The van der Waals surface area contributed by atoms with Crippen LogP contribution in [-0.4, -0.2) is 44.0 Å². The molecule has 0 unspecified atom stereocenters. The van der Waals surface area contributed by atoms with Crippen molar-refractivity contribution in [1.82, 2.24) is 19.7 Å². The molecule has 4 heterocycles. The molecule has 0 spiro atoms. The fourth-order valence-electron chi connectivity index (χ4n) is 5.39. The average molecular weight is 504 g/mol. The van der Waals surface area contributed by atoms with Crippen molar-refractivity contribution in [3.05, 3.63) is 59.2 Å². The van der Waals surface area contributed by atoms with E-state index in [9.17, 15) is 9.59 Å². The summed E-state index contributed by atoms with van der Waals surface area (Å²) in [6.07, 6.45) is 7.33. The second-order valence-electron chi connectivity index (χ2n) is 10.5. The Morgan fingerprint density at radius 1 is 1.27 bits per heavy atom. The van der Waals surface area contributed by atoms with Crippen LogP contribution in [0, 0.1) is 5.92 Å². The van der Waals surface area contributed by atoms with E-state index in [1.165, 1.54) is 0 Å². The van der Waals surface area contributed by atoms with Gasteiger partial charge in [-0.3, -0.25) is 14.3 Å². The molecule has 10 nitrogen and oxygen atoms in total. The normalized spacial score (nSPS) is 20.5. The smallest absolute Gasteiger partial charge is 0.271 e. The Hall–Kier alpha value is -3.79. The largest absolute Gasteiger partial charge is 0.366 e. The Morgan fingerprint density at radius 3 is 2.81 bits per heavy atom. The van der Waals surface area contributed by atoms with E-state index < -0.39 is 5.91 Å². The van der Waals surface area contributed by atoms with Crippen molar-refractivity contribution in [3.63, 3.8) is 0 Å². The highest BCUT2D eigenvalue weighted by Crippen LogP contribution is 2.37. The molecule has 1 amide bonds. The number of carbonyl (C=O) groups is 2. The van der Waals surface area contributed by atoms with Crippen LogP contribution in [0.5, 0.6) is 0 Å². The summed E-state index contributed by atoms with van der Waals surface area (Å²) in [4.78, 5) is 36.5. The van der Waals surface area contributed by atoms with E-state index in [0.29, 0.717) is 24.5 Å². The maximum atomic E-state index is 13.3. The molecule has 3 N–H and O–H groups in total. The van der Waals surface area contributed by atoms with Crippen LogP contribution in [0.15, 0.2) is 36.8 Å². The van der Waals surface area contributed by atoms with E-state index in [0.717, 1.165) is 36.1 Å². The van der Waals surface area contributed by atoms with Crippen molar-refractivity contribution < 1.29 is 14.3 Å². The summed E-state index contributed by atoms with van der Waals surface area (Å²) in [7, 11) is 1.80. The van der Waals surface area contributed by atoms with Gasteiger partial charge in [0, 0.05) is 37.8 Å². The lowest BCUT2D eigenvalue weighted by Crippen LogP contribution is -2.44. The summed E-state index contributed by atoms with van der Waals surface area (Å²) in [6, 6.07) is 6.00. The van der Waals surface area contributed by atoms with Crippen LogP contribution in [0.3, 0.4) is 0 Å². The van der Waals surface area contributed by atoms with Crippen LogP contribution in [0.4, 0.5) is 17.3 Å². The standard InChI is InChI=1S/C27H33N7O3/c1-16-17(11-22(35)18-7-8-21-19(10-18)15-37-27(21,2)3)6-5-9-34(16)23-13-29-24(25(28)36)26(32-23)31-20-12-30-33(4)14-20/h7-8,10,12-14,16-17H,5-6,9,11,15H2,1-4H3,(H2,28,36)(H,31,32)/t16-,17+/m1/s1. The number of fused-ring (bicyclic) bond motifs is 1. The molecule has 1 saturated heterocycles. The lowest BCUT2D eigenvalue weighted by atomic mass is 9.84. The number of nitrogens with two attached hydrogens (primary N) is 1. The fourth-order valence-corrected chi connectivity index (χ4v) is 5.39. The van der Waals surface area contributed by atoms with Crippen LogP contribution in [0.25, 0.3) is 0 Å². The topological polar surface area (TPSA) is 128 Å². The van der Waals surface area contributed by atoms with Crippen molar-refractivity contribution in [2.24, 2.45) is 18.7 Å². The number of hydrogen-bond acceptors (Lipinski definition) is 8. The molecule has 2 aliphatic heterocycles. The molecule has 2 atom stereocenters. The maximum absolute atomic E-state index is 13.3. The number of amides is 1. The number of benzene rings is 1. The average Bonchev–Trinajstić information content (AvgIpc) is 3.41. The lowest BCUT2D eigenvalue weighted by Gasteiger charge is -2.40. The second-order valence-corrected chi connectivity index (χ2v) is 10.5. The predicted molar refractivity (Wildman–Crippen MR) is 140 cm³/mol. The number of piperidine rings is 1. The summed E-state index contributed by atoms with van der Waals surface area (Å²) >= 11 is 0. The summed E-state index contributed by atoms with van der Waals surface area (Å²) in [5, 5.41) is 7.25. The number of aryl methyl sites for hydroxylation is 1. The molecule has 0 bridgehead atoms. The molecular formula is C27H33N7O3. The number of ketones is 1. The molecule has 3 aromatic rings. The minimum atomic E-state index is -0.663. The van der Waals surface area contributed by atoms with E-state index in [2.05, 4.69) is 41.1 Å². The van der Waals surface area contributed by atoms with Gasteiger partial charge in [-0.05, 0) is 56.7 Å². The molecule has 10 heteroatoms. The molecule has 2 aliphatic rings. The van der Waals surface area contributed by atoms with Gasteiger partial charge < -0.3 is 20.7 Å². The monoisotopic (exact) mass is 503 g/mol. The van der Waals surface area contributed by atoms with Crippen molar-refractivity contribution in [2.75, 3.05) is 16.8 Å². The Labute approximate surface area is 216 Å². The van der Waals surface area contributed by atoms with Crippen molar-refractivity contribution in [3.8, 4) is 0 Å². The van der Waals surface area contributed by atoms with E-state index in [1.807, 2.05) is 18.2 Å². The number of carbonyl (C=O) groups excluding carboxylic acids is 2. The van der Waals surface area contributed by atoms with E-state index >= 15 is 0 Å². The van der Waals surface area contributed by atoms with Gasteiger partial charge in [0.25, 0.3) is 5.91 Å². The highest BCUT2D eigenvalue weighted by molar-refractivity contribution is 5.97. The lowest BCUT2D eigenvalue weighted by molar-refractivity contribution is -0.00789. The minimum Gasteiger partial charge on any atom is -0.366 e. The Morgan fingerprint density at radius 2 is 2.08 bits per heavy atom. The van der Waals surface area contributed by atoms with E-state index in [-0.39, 0.29) is 34.9 Å². The van der Waals surface area contributed by atoms with Gasteiger partial charge in [0.1, 0.15) is 5.82 Å². The van der Waals surface area contributed by atoms with Crippen LogP contribution < -0.4 is 16.0 Å². The first-order valence-corrected chi connectivity index (χ1v) is 12.6. The van der Waals surface area contributed by atoms with E-state index in [1.54, 1.807) is 30.3 Å². The van der Waals surface area contributed by atoms with Gasteiger partial charge in [0.05, 0.1) is 30.3 Å². The van der Waals surface area contributed by atoms with Gasteiger partial charge in [-0.1, -0.05) is 12.1 Å². The van der Waals surface area contributed by atoms with E-state index in [4.69, 9.17) is 15.5 Å². The highest BCUT2D eigenvalue weighted by atomic mass is 16.5. The summed E-state index contributed by atoms with van der Waals surface area (Å²) in [6.45, 7) is 7.54. The number of nitrogens with zero attached hydrogens (tertiary/aromatic N) is 5. The number of Topliss-reactive ketones (excluding diaryl/α,β-unsaturated/α-hetero) is 1. The summed E-state index contributed by atoms with van der Waals surface area (Å²) < 4.78 is 7.52. The number of aromatic nitrogens is 4. The van der Waals surface area contributed by atoms with Crippen LogP contribution in [0.1, 0.15) is 72.0 Å². The third kappa shape index (κ3) is 4.93. The Balaban J connectivity index is 1.34. The third-order valence-electron chi connectivity index (χ3n) is 7.51. The number of ether oxygens (including phenoxy) is 1. The van der Waals surface area contributed by atoms with Gasteiger partial charge in [-0.25, -0.2) is 9.97 Å². The first-order chi connectivity index (χ1) is 17.6. The highest BCUT2D eigenvalue weighted by Gasteiger charge is 2.33. The quantitative estimate of drug-likeness (QED) is 0.467. The zero-order valence-corrected chi connectivity index (χ0v) is 21.7. The van der Waals surface area contributed by atoms with Crippen molar-refractivity contribution in [1.29, 1.82) is 0 Å². The molecular weight excluding hydrogens is 470 g/mol. The Kier molecular flexibility index (Phi) is 6.45. The minimum absolute atomic E-state index is 0.0627. The first-order valence-electron chi connectivity index (χ1n) is 12.6. The molecule has 1 fully saturated rings. The van der Waals surface area contributed by atoms with Gasteiger partial charge >= 0.3 is 0 Å². The fraction of sp³-hybridized carbons (Fsp3) is 0.444. The number of hydrogen-bond donors (Lipinski definition) is 2. The molecule has 0 radical (unpaired) electrons. The van der Waals surface area contributed by atoms with Crippen molar-refractivity contribution >= 4 is 29.0 Å². The van der Waals surface area contributed by atoms with Crippen LogP contribution in [-0.2, 0) is 24.0 Å². The van der Waals surface area contributed by atoms with Gasteiger partial charge in [0.2, 0.25) is 0 Å². The molecule has 1 aromatic carbocycles. The number of anilines is 3. The van der Waals surface area contributed by atoms with Crippen molar-refractivity contribution in [2.45, 2.75) is 58.3 Å². The van der Waals surface area contributed by atoms with Crippen LogP contribution >= 0.6 is 0 Å². The zero-order chi connectivity index (χ0) is 26.3. The maximum Gasteiger partial charge on any atom is 0.271 e. The van der Waals surface area contributed by atoms with Gasteiger partial charge in [0.15, 0.2) is 17.3 Å². The molecule has 5 rings (SSSR count). The van der Waals surface area contributed by atoms with Gasteiger partial charge in [-0.2, -0.15) is 5.10 Å². The first kappa shape index (κ1) is 24.9. The summed E-state index contributed by atoms with van der Waals surface area (Å²) in [5.74, 6) is 0.559. The number of nitrogens with one attached hydrogen (secondary N) is 1. The number of primary amides is 1.